The van der Waals surface area contributed by atoms with Gasteiger partial charge >= 0.3 is 0 Å². The standard InChI is InChI=1S/C20H27N5OS/c1-13(21-2)17-11-25(12-22-17)10-14-7-8-16-19(9-14)27-20(24-16)23-15-5-3-4-6-18(15)26/h7-9,11-13,15,18,21,26H,3-6,10H2,1-2H3,(H,23,24)/t13?,15-,18-/m1/s1. The van der Waals surface area contributed by atoms with Crippen LogP contribution >= 0.6 is 11.3 Å². The lowest BCUT2D eigenvalue weighted by molar-refractivity contribution is 0.116. The molecule has 2 aromatic heterocycles. The van der Waals surface area contributed by atoms with Crippen molar-refractivity contribution in [1.29, 1.82) is 0 Å². The molecule has 0 radical (unpaired) electrons. The second-order valence-corrected chi connectivity index (χ2v) is 8.44. The Bertz CT molecular complexity index is 905. The maximum atomic E-state index is 10.2. The van der Waals surface area contributed by atoms with Gasteiger partial charge in [-0.2, -0.15) is 0 Å². The Morgan fingerprint density at radius 1 is 1.33 bits per heavy atom. The first-order chi connectivity index (χ1) is 13.1. The zero-order valence-corrected chi connectivity index (χ0v) is 16.7. The van der Waals surface area contributed by atoms with E-state index in [2.05, 4.69) is 51.5 Å². The molecule has 144 valence electrons. The third-order valence-corrected chi connectivity index (χ3v) is 6.34. The predicted molar refractivity (Wildman–Crippen MR) is 110 cm³/mol. The van der Waals surface area contributed by atoms with Crippen LogP contribution in [0.1, 0.15) is 49.9 Å². The molecule has 0 bridgehead atoms. The van der Waals surface area contributed by atoms with E-state index in [-0.39, 0.29) is 18.2 Å². The van der Waals surface area contributed by atoms with Gasteiger partial charge in [0.25, 0.3) is 0 Å². The molecule has 2 heterocycles. The molecular weight excluding hydrogens is 358 g/mol. The van der Waals surface area contributed by atoms with E-state index in [0.29, 0.717) is 0 Å². The largest absolute Gasteiger partial charge is 0.391 e. The van der Waals surface area contributed by atoms with Gasteiger partial charge in [0, 0.05) is 18.8 Å². The second-order valence-electron chi connectivity index (χ2n) is 7.40. The highest BCUT2D eigenvalue weighted by Crippen LogP contribution is 2.30. The summed E-state index contributed by atoms with van der Waals surface area (Å²) in [5.41, 5.74) is 3.29. The van der Waals surface area contributed by atoms with Gasteiger partial charge in [0.05, 0.1) is 34.4 Å². The molecule has 1 unspecified atom stereocenters. The molecule has 7 heteroatoms. The van der Waals surface area contributed by atoms with Gasteiger partial charge in [-0.3, -0.25) is 0 Å². The second kappa shape index (κ2) is 7.96. The summed E-state index contributed by atoms with van der Waals surface area (Å²) < 4.78 is 3.28. The summed E-state index contributed by atoms with van der Waals surface area (Å²) in [5.74, 6) is 0. The molecule has 3 aromatic rings. The first-order valence-electron chi connectivity index (χ1n) is 9.65. The number of aliphatic hydroxyl groups excluding tert-OH is 1. The van der Waals surface area contributed by atoms with E-state index in [9.17, 15) is 5.11 Å². The van der Waals surface area contributed by atoms with Gasteiger partial charge in [-0.15, -0.1) is 0 Å². The summed E-state index contributed by atoms with van der Waals surface area (Å²) in [5, 5.41) is 17.7. The lowest BCUT2D eigenvalue weighted by Gasteiger charge is -2.27. The average Bonchev–Trinajstić information content (AvgIpc) is 3.29. The SMILES string of the molecule is CNC(C)c1cn(Cc2ccc3nc(N[C@@H]4CCCC[C@H]4O)sc3c2)cn1. The van der Waals surface area contributed by atoms with Crippen molar-refractivity contribution in [2.45, 2.75) is 57.3 Å². The fourth-order valence-electron chi connectivity index (χ4n) is 3.61. The average molecular weight is 386 g/mol. The monoisotopic (exact) mass is 385 g/mol. The van der Waals surface area contributed by atoms with E-state index in [1.165, 1.54) is 16.7 Å². The van der Waals surface area contributed by atoms with E-state index >= 15 is 0 Å². The maximum Gasteiger partial charge on any atom is 0.184 e. The number of rotatable bonds is 6. The lowest BCUT2D eigenvalue weighted by Crippen LogP contribution is -2.36. The van der Waals surface area contributed by atoms with E-state index in [4.69, 9.17) is 4.98 Å². The highest BCUT2D eigenvalue weighted by atomic mass is 32.1. The number of hydrogen-bond acceptors (Lipinski definition) is 6. The topological polar surface area (TPSA) is 75.0 Å². The molecule has 27 heavy (non-hydrogen) atoms. The number of nitrogens with one attached hydrogen (secondary N) is 2. The van der Waals surface area contributed by atoms with Crippen molar-refractivity contribution in [2.24, 2.45) is 0 Å². The minimum atomic E-state index is -0.267. The van der Waals surface area contributed by atoms with Crippen LogP contribution in [-0.4, -0.2) is 38.8 Å². The Hall–Kier alpha value is -1.96. The molecule has 3 atom stereocenters. The molecule has 0 spiro atoms. The summed E-state index contributed by atoms with van der Waals surface area (Å²) in [4.78, 5) is 9.18. The summed E-state index contributed by atoms with van der Waals surface area (Å²) in [6.07, 6.45) is 7.89. The van der Waals surface area contributed by atoms with Crippen LogP contribution in [0.25, 0.3) is 10.2 Å². The number of imidazole rings is 1. The number of anilines is 1. The molecule has 4 rings (SSSR count). The Balaban J connectivity index is 1.48. The fourth-order valence-corrected chi connectivity index (χ4v) is 4.60. The van der Waals surface area contributed by atoms with Gasteiger partial charge < -0.3 is 20.3 Å². The van der Waals surface area contributed by atoms with Gasteiger partial charge in [0.1, 0.15) is 0 Å². The minimum absolute atomic E-state index is 0.123. The van der Waals surface area contributed by atoms with Crippen LogP contribution in [-0.2, 0) is 6.54 Å². The molecule has 0 aliphatic heterocycles. The predicted octanol–water partition coefficient (Wildman–Crippen LogP) is 3.54. The van der Waals surface area contributed by atoms with Gasteiger partial charge in [-0.05, 0) is 44.5 Å². The summed E-state index contributed by atoms with van der Waals surface area (Å²) in [7, 11) is 1.94. The van der Waals surface area contributed by atoms with Crippen LogP contribution in [0.4, 0.5) is 5.13 Å². The number of aliphatic hydroxyl groups is 1. The highest BCUT2D eigenvalue weighted by molar-refractivity contribution is 7.22. The smallest absolute Gasteiger partial charge is 0.184 e. The van der Waals surface area contributed by atoms with Crippen molar-refractivity contribution in [3.8, 4) is 0 Å². The van der Waals surface area contributed by atoms with E-state index in [1.807, 2.05) is 13.4 Å². The van der Waals surface area contributed by atoms with Crippen molar-refractivity contribution in [3.05, 3.63) is 42.0 Å². The molecule has 1 aromatic carbocycles. The Labute approximate surface area is 163 Å². The van der Waals surface area contributed by atoms with Crippen LogP contribution < -0.4 is 10.6 Å². The molecule has 0 amide bonds. The number of nitrogens with zero attached hydrogens (tertiary/aromatic N) is 3. The first-order valence-corrected chi connectivity index (χ1v) is 10.5. The lowest BCUT2D eigenvalue weighted by atomic mass is 9.93. The van der Waals surface area contributed by atoms with Crippen LogP contribution in [0.5, 0.6) is 0 Å². The number of aromatic nitrogens is 3. The van der Waals surface area contributed by atoms with Gasteiger partial charge in [-0.1, -0.05) is 30.2 Å². The van der Waals surface area contributed by atoms with Crippen LogP contribution in [0.15, 0.2) is 30.7 Å². The molecule has 1 saturated carbocycles. The Kier molecular flexibility index (Phi) is 5.43. The Morgan fingerprint density at radius 2 is 2.19 bits per heavy atom. The normalized spacial score (nSPS) is 21.4. The third kappa shape index (κ3) is 4.15. The first kappa shape index (κ1) is 18.4. The number of benzene rings is 1. The van der Waals surface area contributed by atoms with Gasteiger partial charge in [0.15, 0.2) is 5.13 Å². The van der Waals surface area contributed by atoms with Crippen LogP contribution in [0.3, 0.4) is 0 Å². The summed E-state index contributed by atoms with van der Waals surface area (Å²) in [6, 6.07) is 6.79. The zero-order chi connectivity index (χ0) is 18.8. The molecule has 0 saturated heterocycles. The molecular formula is C20H27N5OS. The van der Waals surface area contributed by atoms with Crippen molar-refractivity contribution < 1.29 is 5.11 Å². The van der Waals surface area contributed by atoms with Crippen molar-refractivity contribution in [3.63, 3.8) is 0 Å². The zero-order valence-electron chi connectivity index (χ0n) is 15.9. The minimum Gasteiger partial charge on any atom is -0.391 e. The van der Waals surface area contributed by atoms with E-state index in [1.54, 1.807) is 11.3 Å². The number of hydrogen-bond donors (Lipinski definition) is 3. The van der Waals surface area contributed by atoms with E-state index in [0.717, 1.165) is 42.1 Å². The molecule has 1 aliphatic rings. The number of fused-ring (bicyclic) bond motifs is 1. The summed E-state index contributed by atoms with van der Waals surface area (Å²) in [6.45, 7) is 2.90. The van der Waals surface area contributed by atoms with E-state index < -0.39 is 0 Å². The van der Waals surface area contributed by atoms with Crippen molar-refractivity contribution >= 4 is 26.7 Å². The third-order valence-electron chi connectivity index (χ3n) is 5.39. The summed E-state index contributed by atoms with van der Waals surface area (Å²) >= 11 is 1.66. The fraction of sp³-hybridized carbons (Fsp3) is 0.500. The molecule has 1 fully saturated rings. The van der Waals surface area contributed by atoms with Crippen molar-refractivity contribution in [2.75, 3.05) is 12.4 Å². The van der Waals surface area contributed by atoms with Crippen LogP contribution in [0, 0.1) is 0 Å². The van der Waals surface area contributed by atoms with Gasteiger partial charge in [-0.25, -0.2) is 9.97 Å². The molecule has 1 aliphatic carbocycles. The highest BCUT2D eigenvalue weighted by Gasteiger charge is 2.23. The van der Waals surface area contributed by atoms with Gasteiger partial charge in [0.2, 0.25) is 0 Å². The maximum absolute atomic E-state index is 10.2. The van der Waals surface area contributed by atoms with Crippen LogP contribution in [0.2, 0.25) is 0 Å². The molecule has 3 N–H and O–H groups in total. The van der Waals surface area contributed by atoms with Crippen molar-refractivity contribution in [1.82, 2.24) is 19.9 Å². The quantitative estimate of drug-likeness (QED) is 0.605. The Morgan fingerprint density at radius 3 is 3.00 bits per heavy atom. The number of thiazole rings is 1. The molecule has 6 nitrogen and oxygen atoms in total.